The molecule has 4 saturated carbocycles. The minimum atomic E-state index is -0.721. The lowest BCUT2D eigenvalue weighted by Crippen LogP contribution is -2.46. The molecule has 2 bridgehead atoms. The predicted molar refractivity (Wildman–Crippen MR) is 112 cm³/mol. The molecule has 0 radical (unpaired) electrons. The molecule has 148 valence electrons. The van der Waals surface area contributed by atoms with Crippen molar-refractivity contribution in [1.82, 2.24) is 0 Å². The quantitative estimate of drug-likeness (QED) is 0.671. The Labute approximate surface area is 175 Å². The van der Waals surface area contributed by atoms with Crippen molar-refractivity contribution >= 4 is 29.0 Å². The molecular weight excluding hydrogens is 384 g/mol. The summed E-state index contributed by atoms with van der Waals surface area (Å²) in [5.74, 6) is -1.34. The first-order chi connectivity index (χ1) is 14.0. The van der Waals surface area contributed by atoms with Gasteiger partial charge in [-0.05, 0) is 65.6 Å². The van der Waals surface area contributed by atoms with Crippen LogP contribution in [0.3, 0.4) is 0 Å². The number of carbonyl (C=O) groups excluding carboxylic acids is 3. The standard InChI is InChI=1S/C25H23ClO3/c1-2-13-3-4-15(14-5-8-17(26)9-6-14)11-19(13)23-24(28)21-16-7-10-18(20(27)12-16)22(21)25(23)29/h3-6,8-9,11,16,18,21-23H,2,7,10,12H2,1H3/t16-,18+,21+,22-,23?/m1/s1. The second-order valence-corrected chi connectivity index (χ2v) is 9.11. The molecule has 2 aromatic carbocycles. The van der Waals surface area contributed by atoms with Crippen molar-refractivity contribution in [3.05, 3.63) is 58.6 Å². The Morgan fingerprint density at radius 3 is 2.28 bits per heavy atom. The molecule has 0 amide bonds. The van der Waals surface area contributed by atoms with Gasteiger partial charge in [-0.15, -0.1) is 0 Å². The van der Waals surface area contributed by atoms with E-state index < -0.39 is 11.8 Å². The molecule has 4 aliphatic rings. The lowest BCUT2D eigenvalue weighted by Gasteiger charge is -2.42. The van der Waals surface area contributed by atoms with Gasteiger partial charge in [-0.25, -0.2) is 0 Å². The normalized spacial score (nSPS) is 30.7. The Kier molecular flexibility index (Phi) is 4.47. The van der Waals surface area contributed by atoms with Crippen LogP contribution in [0.25, 0.3) is 11.1 Å². The highest BCUT2D eigenvalue weighted by Crippen LogP contribution is 2.55. The summed E-state index contributed by atoms with van der Waals surface area (Å²) >= 11 is 6.02. The van der Waals surface area contributed by atoms with Gasteiger partial charge in [-0.3, -0.25) is 14.4 Å². The monoisotopic (exact) mass is 406 g/mol. The maximum absolute atomic E-state index is 13.5. The van der Waals surface area contributed by atoms with Gasteiger partial charge in [-0.2, -0.15) is 0 Å². The van der Waals surface area contributed by atoms with E-state index in [1.807, 2.05) is 49.4 Å². The third-order valence-corrected chi connectivity index (χ3v) is 7.55. The van der Waals surface area contributed by atoms with Gasteiger partial charge in [0.15, 0.2) is 11.6 Å². The van der Waals surface area contributed by atoms with E-state index in [0.29, 0.717) is 11.4 Å². The van der Waals surface area contributed by atoms with Crippen LogP contribution in [0.5, 0.6) is 0 Å². The zero-order valence-electron chi connectivity index (χ0n) is 16.4. The zero-order chi connectivity index (χ0) is 20.3. The maximum Gasteiger partial charge on any atom is 0.152 e. The highest BCUT2D eigenvalue weighted by atomic mass is 35.5. The third kappa shape index (κ3) is 2.82. The Morgan fingerprint density at radius 2 is 1.59 bits per heavy atom. The molecule has 0 spiro atoms. The summed E-state index contributed by atoms with van der Waals surface area (Å²) in [4.78, 5) is 39.3. The van der Waals surface area contributed by atoms with Gasteiger partial charge in [0.25, 0.3) is 0 Å². The summed E-state index contributed by atoms with van der Waals surface area (Å²) < 4.78 is 0. The van der Waals surface area contributed by atoms with Crippen LogP contribution in [0.2, 0.25) is 5.02 Å². The first-order valence-corrected chi connectivity index (χ1v) is 10.9. The SMILES string of the molecule is CCc1ccc(-c2ccc(Cl)cc2)cc1C1C(=O)[C@H]2[C@@H]3CC[C@@H](C(=O)C3)[C@H]2C1=O. The van der Waals surface area contributed by atoms with E-state index in [4.69, 9.17) is 11.6 Å². The van der Waals surface area contributed by atoms with Crippen molar-refractivity contribution in [1.29, 1.82) is 0 Å². The van der Waals surface area contributed by atoms with E-state index in [0.717, 1.165) is 41.5 Å². The molecule has 3 nitrogen and oxygen atoms in total. The molecule has 4 aliphatic carbocycles. The Balaban J connectivity index is 1.59. The van der Waals surface area contributed by atoms with E-state index in [-0.39, 0.29) is 35.1 Å². The van der Waals surface area contributed by atoms with Gasteiger partial charge < -0.3 is 0 Å². The van der Waals surface area contributed by atoms with E-state index in [1.54, 1.807) is 0 Å². The summed E-state index contributed by atoms with van der Waals surface area (Å²) in [7, 11) is 0. The first-order valence-electron chi connectivity index (χ1n) is 10.5. The van der Waals surface area contributed by atoms with Crippen LogP contribution in [-0.4, -0.2) is 17.3 Å². The van der Waals surface area contributed by atoms with Crippen molar-refractivity contribution in [3.8, 4) is 11.1 Å². The maximum atomic E-state index is 13.5. The highest BCUT2D eigenvalue weighted by molar-refractivity contribution is 6.30. The van der Waals surface area contributed by atoms with Crippen LogP contribution in [0.15, 0.2) is 42.5 Å². The first kappa shape index (κ1) is 18.7. The Bertz CT molecular complexity index is 1020. The zero-order valence-corrected chi connectivity index (χ0v) is 17.1. The summed E-state index contributed by atoms with van der Waals surface area (Å²) in [6.07, 6.45) is 2.90. The fourth-order valence-electron chi connectivity index (χ4n) is 5.92. The van der Waals surface area contributed by atoms with Crippen molar-refractivity contribution in [2.75, 3.05) is 0 Å². The van der Waals surface area contributed by atoms with Crippen molar-refractivity contribution in [2.45, 2.75) is 38.5 Å². The van der Waals surface area contributed by atoms with Crippen LogP contribution >= 0.6 is 11.6 Å². The second kappa shape index (κ2) is 6.91. The number of Topliss-reactive ketones (excluding diaryl/α,β-unsaturated/α-hetero) is 3. The molecular formula is C25H23ClO3. The molecule has 6 rings (SSSR count). The Hall–Kier alpha value is -2.26. The predicted octanol–water partition coefficient (Wildman–Crippen LogP) is 5.04. The Morgan fingerprint density at radius 1 is 0.897 bits per heavy atom. The second-order valence-electron chi connectivity index (χ2n) is 8.68. The van der Waals surface area contributed by atoms with E-state index in [9.17, 15) is 14.4 Å². The third-order valence-electron chi connectivity index (χ3n) is 7.30. The molecule has 2 aromatic rings. The van der Waals surface area contributed by atoms with Crippen LogP contribution in [0, 0.1) is 23.7 Å². The summed E-state index contributed by atoms with van der Waals surface area (Å²) in [6, 6.07) is 13.6. The number of hydrogen-bond donors (Lipinski definition) is 0. The van der Waals surface area contributed by atoms with Crippen molar-refractivity contribution < 1.29 is 14.4 Å². The topological polar surface area (TPSA) is 51.2 Å². The number of fused-ring (bicyclic) bond motifs is 2. The van der Waals surface area contributed by atoms with Crippen LogP contribution < -0.4 is 0 Å². The number of carbonyl (C=O) groups is 3. The molecule has 0 saturated heterocycles. The summed E-state index contributed by atoms with van der Waals surface area (Å²) in [5.41, 5.74) is 3.84. The summed E-state index contributed by atoms with van der Waals surface area (Å²) in [5, 5.41) is 0.671. The molecule has 0 heterocycles. The van der Waals surface area contributed by atoms with E-state index in [2.05, 4.69) is 0 Å². The number of halogens is 1. The molecule has 4 fully saturated rings. The minimum absolute atomic E-state index is 0.0225. The summed E-state index contributed by atoms with van der Waals surface area (Å²) in [6.45, 7) is 2.05. The van der Waals surface area contributed by atoms with Crippen LogP contribution in [0.4, 0.5) is 0 Å². The molecule has 4 heteroatoms. The number of ketones is 3. The average molecular weight is 407 g/mol. The van der Waals surface area contributed by atoms with Crippen LogP contribution in [0.1, 0.15) is 43.2 Å². The number of benzene rings is 2. The number of aryl methyl sites for hydroxylation is 1. The lowest BCUT2D eigenvalue weighted by molar-refractivity contribution is -0.143. The van der Waals surface area contributed by atoms with Gasteiger partial charge in [-0.1, -0.05) is 42.8 Å². The number of hydrogen-bond acceptors (Lipinski definition) is 3. The highest BCUT2D eigenvalue weighted by Gasteiger charge is 2.61. The van der Waals surface area contributed by atoms with Gasteiger partial charge >= 0.3 is 0 Å². The van der Waals surface area contributed by atoms with Gasteiger partial charge in [0.05, 0.1) is 0 Å². The average Bonchev–Trinajstić information content (AvgIpc) is 3.00. The van der Waals surface area contributed by atoms with Crippen molar-refractivity contribution in [2.24, 2.45) is 23.7 Å². The smallest absolute Gasteiger partial charge is 0.152 e. The number of rotatable bonds is 3. The molecule has 5 atom stereocenters. The fraction of sp³-hybridized carbons (Fsp3) is 0.400. The van der Waals surface area contributed by atoms with E-state index >= 15 is 0 Å². The van der Waals surface area contributed by atoms with E-state index in [1.165, 1.54) is 0 Å². The van der Waals surface area contributed by atoms with Crippen molar-refractivity contribution in [3.63, 3.8) is 0 Å². The molecule has 0 aromatic heterocycles. The minimum Gasteiger partial charge on any atom is -0.299 e. The molecule has 29 heavy (non-hydrogen) atoms. The van der Waals surface area contributed by atoms with Gasteiger partial charge in [0.1, 0.15) is 11.7 Å². The molecule has 0 N–H and O–H groups in total. The fourth-order valence-corrected chi connectivity index (χ4v) is 6.05. The van der Waals surface area contributed by atoms with Gasteiger partial charge in [0.2, 0.25) is 0 Å². The lowest BCUT2D eigenvalue weighted by atomic mass is 9.59. The van der Waals surface area contributed by atoms with Crippen LogP contribution in [-0.2, 0) is 20.8 Å². The largest absolute Gasteiger partial charge is 0.299 e. The van der Waals surface area contributed by atoms with Gasteiger partial charge in [0, 0.05) is 29.2 Å². The molecule has 1 unspecified atom stereocenters. The molecule has 0 aliphatic heterocycles.